The maximum Gasteiger partial charge on any atom is 0.0343 e. The molecular weight excluding hydrogens is 158 g/mol. The third kappa shape index (κ3) is 2.12. The number of halogens is 1. The monoisotopic (exact) mass is 169 g/mol. The number of hydrogen-bond acceptors (Lipinski definition) is 1. The molecule has 60 valence electrons. The van der Waals surface area contributed by atoms with E-state index in [1.54, 1.807) is 0 Å². The van der Waals surface area contributed by atoms with E-state index in [-0.39, 0.29) is 0 Å². The zero-order chi connectivity index (χ0) is 8.27. The second-order valence-electron chi connectivity index (χ2n) is 2.63. The van der Waals surface area contributed by atoms with Gasteiger partial charge in [-0.3, -0.25) is 0 Å². The van der Waals surface area contributed by atoms with Gasteiger partial charge in [-0.25, -0.2) is 0 Å². The van der Waals surface area contributed by atoms with Crippen LogP contribution in [0.4, 0.5) is 5.69 Å². The van der Waals surface area contributed by atoms with Gasteiger partial charge in [0, 0.05) is 11.6 Å². The molecule has 0 aromatic heterocycles. The molecule has 0 bridgehead atoms. The Hall–Kier alpha value is -0.690. The Kier molecular flexibility index (Phi) is 2.77. The van der Waals surface area contributed by atoms with Crippen LogP contribution in [-0.2, 0) is 6.42 Å². The van der Waals surface area contributed by atoms with Crippen LogP contribution in [0.5, 0.6) is 0 Å². The van der Waals surface area contributed by atoms with Gasteiger partial charge in [0.15, 0.2) is 0 Å². The molecule has 0 aliphatic rings. The molecule has 0 spiro atoms. The van der Waals surface area contributed by atoms with Gasteiger partial charge in [0.1, 0.15) is 0 Å². The lowest BCUT2D eigenvalue weighted by atomic mass is 10.1. The third-order valence-electron chi connectivity index (χ3n) is 1.72. The summed E-state index contributed by atoms with van der Waals surface area (Å²) in [7, 11) is 0. The Morgan fingerprint density at radius 3 is 2.73 bits per heavy atom. The van der Waals surface area contributed by atoms with Gasteiger partial charge in [0.25, 0.3) is 0 Å². The predicted molar refractivity (Wildman–Crippen MR) is 50.0 cm³/mol. The largest absolute Gasteiger partial charge is 0.399 e. The van der Waals surface area contributed by atoms with Crippen LogP contribution in [0, 0.1) is 6.92 Å². The second-order valence-corrected chi connectivity index (χ2v) is 3.01. The molecule has 1 aromatic rings. The fraction of sp³-hybridized carbons (Fsp3) is 0.333. The first-order valence-corrected chi connectivity index (χ1v) is 4.18. The highest BCUT2D eigenvalue weighted by Crippen LogP contribution is 2.13. The minimum Gasteiger partial charge on any atom is -0.399 e. The van der Waals surface area contributed by atoms with E-state index in [4.69, 9.17) is 17.3 Å². The van der Waals surface area contributed by atoms with Crippen molar-refractivity contribution in [1.29, 1.82) is 0 Å². The summed E-state index contributed by atoms with van der Waals surface area (Å²) < 4.78 is 0. The van der Waals surface area contributed by atoms with Gasteiger partial charge < -0.3 is 5.73 Å². The Morgan fingerprint density at radius 1 is 1.45 bits per heavy atom. The number of hydrogen-bond donors (Lipinski definition) is 1. The molecule has 0 aliphatic heterocycles. The maximum absolute atomic E-state index is 5.65. The van der Waals surface area contributed by atoms with Crippen molar-refractivity contribution >= 4 is 17.3 Å². The maximum atomic E-state index is 5.65. The lowest BCUT2D eigenvalue weighted by molar-refractivity contribution is 1.14. The van der Waals surface area contributed by atoms with E-state index in [0.717, 1.165) is 17.7 Å². The normalized spacial score (nSPS) is 10.0. The van der Waals surface area contributed by atoms with Crippen LogP contribution in [0.25, 0.3) is 0 Å². The average molecular weight is 170 g/mol. The zero-order valence-corrected chi connectivity index (χ0v) is 7.36. The fourth-order valence-corrected chi connectivity index (χ4v) is 1.22. The van der Waals surface area contributed by atoms with Crippen LogP contribution < -0.4 is 5.73 Å². The minimum absolute atomic E-state index is 0.670. The van der Waals surface area contributed by atoms with Crippen LogP contribution in [0.1, 0.15) is 11.1 Å². The molecular formula is C9H12ClN. The van der Waals surface area contributed by atoms with Crippen molar-refractivity contribution in [3.63, 3.8) is 0 Å². The van der Waals surface area contributed by atoms with Crippen LogP contribution in [0.3, 0.4) is 0 Å². The van der Waals surface area contributed by atoms with Crippen molar-refractivity contribution in [2.45, 2.75) is 13.3 Å². The van der Waals surface area contributed by atoms with Gasteiger partial charge in [0.2, 0.25) is 0 Å². The van der Waals surface area contributed by atoms with Crippen molar-refractivity contribution in [1.82, 2.24) is 0 Å². The summed E-state index contributed by atoms with van der Waals surface area (Å²) in [5.74, 6) is 0.670. The van der Waals surface area contributed by atoms with E-state index < -0.39 is 0 Å². The molecule has 0 atom stereocenters. The molecule has 1 nitrogen and oxygen atoms in total. The SMILES string of the molecule is Cc1cc(CCCl)ccc1N. The first-order chi connectivity index (χ1) is 5.24. The van der Waals surface area contributed by atoms with Crippen LogP contribution >= 0.6 is 11.6 Å². The first kappa shape index (κ1) is 8.41. The van der Waals surface area contributed by atoms with E-state index in [2.05, 4.69) is 6.07 Å². The molecule has 0 heterocycles. The summed E-state index contributed by atoms with van der Waals surface area (Å²) >= 11 is 5.60. The predicted octanol–water partition coefficient (Wildman–Crippen LogP) is 2.36. The van der Waals surface area contributed by atoms with Crippen molar-refractivity contribution in [3.8, 4) is 0 Å². The van der Waals surface area contributed by atoms with E-state index >= 15 is 0 Å². The third-order valence-corrected chi connectivity index (χ3v) is 1.91. The van der Waals surface area contributed by atoms with Crippen LogP contribution in [0.15, 0.2) is 18.2 Å². The molecule has 1 rings (SSSR count). The highest BCUT2D eigenvalue weighted by atomic mass is 35.5. The molecule has 0 saturated carbocycles. The van der Waals surface area contributed by atoms with Gasteiger partial charge in [-0.1, -0.05) is 12.1 Å². The highest BCUT2D eigenvalue weighted by molar-refractivity contribution is 6.17. The van der Waals surface area contributed by atoms with Gasteiger partial charge in [-0.15, -0.1) is 11.6 Å². The molecule has 0 amide bonds. The standard InChI is InChI=1S/C9H12ClN/c1-7-6-8(4-5-10)2-3-9(7)11/h2-3,6H,4-5,11H2,1H3. The van der Waals surface area contributed by atoms with Crippen molar-refractivity contribution < 1.29 is 0 Å². The molecule has 1 aromatic carbocycles. The van der Waals surface area contributed by atoms with Crippen molar-refractivity contribution in [3.05, 3.63) is 29.3 Å². The topological polar surface area (TPSA) is 26.0 Å². The lowest BCUT2D eigenvalue weighted by Crippen LogP contribution is -1.92. The van der Waals surface area contributed by atoms with Gasteiger partial charge in [0.05, 0.1) is 0 Å². The number of anilines is 1. The van der Waals surface area contributed by atoms with Gasteiger partial charge in [-0.2, -0.15) is 0 Å². The number of nitrogens with two attached hydrogens (primary N) is 1. The lowest BCUT2D eigenvalue weighted by Gasteiger charge is -2.02. The molecule has 0 fully saturated rings. The Labute approximate surface area is 72.2 Å². The molecule has 0 aliphatic carbocycles. The molecule has 11 heavy (non-hydrogen) atoms. The van der Waals surface area contributed by atoms with Crippen molar-refractivity contribution in [2.75, 3.05) is 11.6 Å². The average Bonchev–Trinajstić information content (AvgIpc) is 1.98. The fourth-order valence-electron chi connectivity index (χ4n) is 1.00. The Morgan fingerprint density at radius 2 is 2.18 bits per heavy atom. The molecule has 2 heteroatoms. The van der Waals surface area contributed by atoms with E-state index in [1.165, 1.54) is 5.56 Å². The first-order valence-electron chi connectivity index (χ1n) is 3.65. The summed E-state index contributed by atoms with van der Waals surface area (Å²) in [4.78, 5) is 0. The summed E-state index contributed by atoms with van der Waals surface area (Å²) in [6.07, 6.45) is 0.919. The summed E-state index contributed by atoms with van der Waals surface area (Å²) in [6.45, 7) is 2.01. The number of benzene rings is 1. The van der Waals surface area contributed by atoms with Gasteiger partial charge in [-0.05, 0) is 30.5 Å². The summed E-state index contributed by atoms with van der Waals surface area (Å²) in [6, 6.07) is 6.03. The second kappa shape index (κ2) is 3.63. The van der Waals surface area contributed by atoms with E-state index in [1.807, 2.05) is 19.1 Å². The molecule has 0 unspecified atom stereocenters. The molecule has 0 saturated heterocycles. The summed E-state index contributed by atoms with van der Waals surface area (Å²) in [5, 5.41) is 0. The summed E-state index contributed by atoms with van der Waals surface area (Å²) in [5.41, 5.74) is 8.89. The van der Waals surface area contributed by atoms with Crippen LogP contribution in [-0.4, -0.2) is 5.88 Å². The molecule has 0 radical (unpaired) electrons. The van der Waals surface area contributed by atoms with Crippen molar-refractivity contribution in [2.24, 2.45) is 0 Å². The number of rotatable bonds is 2. The quantitative estimate of drug-likeness (QED) is 0.534. The highest BCUT2D eigenvalue weighted by Gasteiger charge is 1.94. The number of nitrogen functional groups attached to an aromatic ring is 1. The zero-order valence-electron chi connectivity index (χ0n) is 6.60. The smallest absolute Gasteiger partial charge is 0.0343 e. The Bertz CT molecular complexity index is 245. The number of aryl methyl sites for hydroxylation is 2. The molecule has 2 N–H and O–H groups in total. The van der Waals surface area contributed by atoms with E-state index in [0.29, 0.717) is 5.88 Å². The number of alkyl halides is 1. The van der Waals surface area contributed by atoms with E-state index in [9.17, 15) is 0 Å². The Balaban J connectivity index is 2.86. The minimum atomic E-state index is 0.670. The van der Waals surface area contributed by atoms with Gasteiger partial charge >= 0.3 is 0 Å². The van der Waals surface area contributed by atoms with Crippen LogP contribution in [0.2, 0.25) is 0 Å².